The molecule has 6 rings (SSSR count). The van der Waals surface area contributed by atoms with Crippen LogP contribution in [0.4, 0.5) is 15.3 Å². The van der Waals surface area contributed by atoms with Crippen molar-refractivity contribution in [2.24, 2.45) is 0 Å². The number of anilines is 1. The summed E-state index contributed by atoms with van der Waals surface area (Å²) in [6, 6.07) is 36.6. The number of alkyl carbamates (subject to hydrolysis) is 2. The van der Waals surface area contributed by atoms with Gasteiger partial charge in [-0.15, -0.1) is 0 Å². The molecule has 64 heavy (non-hydrogen) atoms. The van der Waals surface area contributed by atoms with Gasteiger partial charge >= 0.3 is 12.2 Å². The lowest BCUT2D eigenvalue weighted by Crippen LogP contribution is -2.49. The van der Waals surface area contributed by atoms with Crippen LogP contribution in [0, 0.1) is 0 Å². The van der Waals surface area contributed by atoms with Crippen molar-refractivity contribution in [1.82, 2.24) is 20.4 Å². The predicted molar refractivity (Wildman–Crippen MR) is 251 cm³/mol. The molecule has 0 radical (unpaired) electrons. The SMILES string of the molecule is CN(CCc1ccccc1NC(=O)CNC(=O)OCC1c2ccccc2-c2ccccc21)C(=O)[C@@H](Cc1ccc2ccccc2c1)N(C)C(=O)/C=C/CC(C)(C)NC(=O)OC(C)(C)C. The molecule has 3 N–H and O–H groups in total. The van der Waals surface area contributed by atoms with E-state index in [-0.39, 0.29) is 37.3 Å². The molecule has 5 amide bonds. The zero-order valence-electron chi connectivity index (χ0n) is 37.8. The maximum Gasteiger partial charge on any atom is 0.408 e. The van der Waals surface area contributed by atoms with E-state index in [0.29, 0.717) is 25.1 Å². The molecule has 0 unspecified atom stereocenters. The first-order valence-electron chi connectivity index (χ1n) is 21.6. The van der Waals surface area contributed by atoms with Crippen molar-refractivity contribution in [2.75, 3.05) is 39.1 Å². The Morgan fingerprint density at radius 3 is 2.06 bits per heavy atom. The zero-order valence-corrected chi connectivity index (χ0v) is 37.8. The molecule has 12 nitrogen and oxygen atoms in total. The van der Waals surface area contributed by atoms with E-state index in [9.17, 15) is 24.0 Å². The third-order valence-corrected chi connectivity index (χ3v) is 11.2. The minimum Gasteiger partial charge on any atom is -0.449 e. The molecular weight excluding hydrogens is 807 g/mol. The first-order chi connectivity index (χ1) is 30.5. The molecule has 5 aromatic rings. The maximum atomic E-state index is 14.3. The molecule has 12 heteroatoms. The van der Waals surface area contributed by atoms with E-state index in [4.69, 9.17) is 9.47 Å². The lowest BCUT2D eigenvalue weighted by Gasteiger charge is -2.31. The molecule has 1 aliphatic rings. The zero-order chi connectivity index (χ0) is 46.0. The molecule has 334 valence electrons. The molecule has 0 heterocycles. The van der Waals surface area contributed by atoms with Crippen LogP contribution < -0.4 is 16.0 Å². The number of carbonyl (C=O) groups excluding carboxylic acids is 5. The van der Waals surface area contributed by atoms with Gasteiger partial charge < -0.3 is 35.2 Å². The number of para-hydroxylation sites is 1. The number of ether oxygens (including phenoxy) is 2. The largest absolute Gasteiger partial charge is 0.449 e. The number of hydrogen-bond donors (Lipinski definition) is 3. The molecule has 0 aromatic heterocycles. The van der Waals surface area contributed by atoms with Crippen LogP contribution in [0.5, 0.6) is 0 Å². The first kappa shape index (κ1) is 46.6. The lowest BCUT2D eigenvalue weighted by atomic mass is 9.98. The highest BCUT2D eigenvalue weighted by Gasteiger charge is 2.31. The van der Waals surface area contributed by atoms with E-state index in [2.05, 4.69) is 28.1 Å². The Labute approximate surface area is 376 Å². The lowest BCUT2D eigenvalue weighted by molar-refractivity contribution is -0.141. The van der Waals surface area contributed by atoms with E-state index >= 15 is 0 Å². The Balaban J connectivity index is 1.06. The molecule has 1 aliphatic carbocycles. The normalized spacial score (nSPS) is 12.8. The molecular formula is C52H59N5O7. The summed E-state index contributed by atoms with van der Waals surface area (Å²) in [6.45, 7) is 9.17. The predicted octanol–water partition coefficient (Wildman–Crippen LogP) is 8.64. The van der Waals surface area contributed by atoms with Crippen LogP contribution in [0.25, 0.3) is 21.9 Å². The Bertz CT molecular complexity index is 2480. The van der Waals surface area contributed by atoms with Gasteiger partial charge in [0.15, 0.2) is 0 Å². The fraction of sp³-hybridized carbons (Fsp3) is 0.327. The quantitative estimate of drug-likeness (QED) is 0.0842. The standard InChI is InChI=1S/C52H59N5O7/c1-51(2,3)64-50(62)55-52(4,5)29-16-25-47(59)57(7)45(32-35-26-27-36-17-8-9-19-38(36)31-35)48(60)56(6)30-28-37-18-10-15-24-44(37)54-46(58)33-53-49(61)63-34-43-41-22-13-11-20-39(41)40-21-12-14-23-42(40)43/h8-27,31,43,45H,28-30,32-34H2,1-7H3,(H,53,61)(H,54,58)(H,55,62)/b25-16+/t45-/m1/s1. The smallest absolute Gasteiger partial charge is 0.408 e. The number of amides is 5. The molecule has 1 atom stereocenters. The summed E-state index contributed by atoms with van der Waals surface area (Å²) < 4.78 is 11.0. The average Bonchev–Trinajstić information content (AvgIpc) is 3.58. The summed E-state index contributed by atoms with van der Waals surface area (Å²) in [4.78, 5) is 69.4. The minimum absolute atomic E-state index is 0.102. The highest BCUT2D eigenvalue weighted by Crippen LogP contribution is 2.44. The highest BCUT2D eigenvalue weighted by atomic mass is 16.6. The van der Waals surface area contributed by atoms with Gasteiger partial charge in [0.25, 0.3) is 0 Å². The van der Waals surface area contributed by atoms with Crippen molar-refractivity contribution in [1.29, 1.82) is 0 Å². The fourth-order valence-corrected chi connectivity index (χ4v) is 7.84. The van der Waals surface area contributed by atoms with E-state index in [1.165, 1.54) is 11.0 Å². The third kappa shape index (κ3) is 12.4. The van der Waals surface area contributed by atoms with Crippen LogP contribution in [0.3, 0.4) is 0 Å². The molecule has 0 aliphatic heterocycles. The summed E-state index contributed by atoms with van der Waals surface area (Å²) in [6.07, 6.45) is 2.90. The van der Waals surface area contributed by atoms with Gasteiger partial charge in [0.1, 0.15) is 24.8 Å². The first-order valence-corrected chi connectivity index (χ1v) is 21.6. The number of nitrogens with zero attached hydrogens (tertiary/aromatic N) is 2. The molecule has 0 spiro atoms. The van der Waals surface area contributed by atoms with Crippen LogP contribution in [0.15, 0.2) is 127 Å². The number of likely N-dealkylation sites (N-methyl/N-ethyl adjacent to an activating group) is 2. The van der Waals surface area contributed by atoms with E-state index < -0.39 is 35.3 Å². The highest BCUT2D eigenvalue weighted by molar-refractivity contribution is 5.95. The number of benzene rings is 5. The van der Waals surface area contributed by atoms with Crippen molar-refractivity contribution < 1.29 is 33.4 Å². The van der Waals surface area contributed by atoms with Crippen molar-refractivity contribution in [3.63, 3.8) is 0 Å². The number of fused-ring (bicyclic) bond motifs is 4. The van der Waals surface area contributed by atoms with Gasteiger partial charge in [0.2, 0.25) is 17.7 Å². The summed E-state index contributed by atoms with van der Waals surface area (Å²) in [5.74, 6) is -1.15. The van der Waals surface area contributed by atoms with Crippen molar-refractivity contribution in [3.05, 3.63) is 150 Å². The summed E-state index contributed by atoms with van der Waals surface area (Å²) in [5.41, 5.74) is 5.33. The molecule has 0 bridgehead atoms. The average molecular weight is 866 g/mol. The van der Waals surface area contributed by atoms with Gasteiger partial charge in [-0.3, -0.25) is 14.4 Å². The summed E-state index contributed by atoms with van der Waals surface area (Å²) in [5, 5.41) is 10.4. The van der Waals surface area contributed by atoms with Gasteiger partial charge in [-0.1, -0.05) is 115 Å². The van der Waals surface area contributed by atoms with E-state index in [0.717, 1.165) is 44.2 Å². The van der Waals surface area contributed by atoms with Crippen LogP contribution >= 0.6 is 0 Å². The van der Waals surface area contributed by atoms with Crippen LogP contribution in [-0.2, 0) is 36.7 Å². The van der Waals surface area contributed by atoms with E-state index in [1.54, 1.807) is 58.0 Å². The number of rotatable bonds is 16. The molecule has 5 aromatic carbocycles. The Morgan fingerprint density at radius 2 is 1.38 bits per heavy atom. The second kappa shape index (κ2) is 20.5. The number of carbonyl (C=O) groups is 5. The van der Waals surface area contributed by atoms with Gasteiger partial charge in [-0.05, 0) is 104 Å². The summed E-state index contributed by atoms with van der Waals surface area (Å²) >= 11 is 0. The van der Waals surface area contributed by atoms with Crippen molar-refractivity contribution in [2.45, 2.75) is 77.0 Å². The third-order valence-electron chi connectivity index (χ3n) is 11.2. The molecule has 0 saturated heterocycles. The van der Waals surface area contributed by atoms with Crippen molar-refractivity contribution >= 4 is 46.4 Å². The van der Waals surface area contributed by atoms with Crippen LogP contribution in [0.2, 0.25) is 0 Å². The second-order valence-electron chi connectivity index (χ2n) is 17.9. The second-order valence-corrected chi connectivity index (χ2v) is 17.9. The monoisotopic (exact) mass is 865 g/mol. The fourth-order valence-electron chi connectivity index (χ4n) is 7.84. The van der Waals surface area contributed by atoms with Gasteiger partial charge in [-0.2, -0.15) is 0 Å². The van der Waals surface area contributed by atoms with E-state index in [1.807, 2.05) is 105 Å². The Morgan fingerprint density at radius 1 is 0.750 bits per heavy atom. The molecule has 0 fully saturated rings. The topological polar surface area (TPSA) is 146 Å². The maximum absolute atomic E-state index is 14.3. The van der Waals surface area contributed by atoms with Crippen LogP contribution in [-0.4, -0.2) is 90.7 Å². The Hall–Kier alpha value is -6.95. The molecule has 0 saturated carbocycles. The van der Waals surface area contributed by atoms with Crippen molar-refractivity contribution in [3.8, 4) is 11.1 Å². The van der Waals surface area contributed by atoms with Gasteiger partial charge in [0.05, 0.1) is 0 Å². The van der Waals surface area contributed by atoms with Gasteiger partial charge in [0, 0.05) is 44.2 Å². The van der Waals surface area contributed by atoms with Gasteiger partial charge in [-0.25, -0.2) is 9.59 Å². The Kier molecular flexibility index (Phi) is 14.9. The minimum atomic E-state index is -0.838. The van der Waals surface area contributed by atoms with Crippen LogP contribution in [0.1, 0.15) is 69.2 Å². The number of nitrogens with one attached hydrogen (secondary N) is 3. The summed E-state index contributed by atoms with van der Waals surface area (Å²) in [7, 11) is 3.32. The number of hydrogen-bond acceptors (Lipinski definition) is 7.